The van der Waals surface area contributed by atoms with Gasteiger partial charge in [-0.15, -0.1) is 0 Å². The summed E-state index contributed by atoms with van der Waals surface area (Å²) in [5.41, 5.74) is 3.37. The molecular formula is C19H24N2O4S. The van der Waals surface area contributed by atoms with Crippen LogP contribution in [0.25, 0.3) is 0 Å². The molecule has 26 heavy (non-hydrogen) atoms. The van der Waals surface area contributed by atoms with Gasteiger partial charge in [0.05, 0.1) is 11.9 Å². The van der Waals surface area contributed by atoms with Gasteiger partial charge < -0.3 is 10.1 Å². The van der Waals surface area contributed by atoms with Crippen LogP contribution in [-0.4, -0.2) is 33.7 Å². The normalized spacial score (nSPS) is 11.1. The largest absolute Gasteiger partial charge is 0.484 e. The number of sulfonamides is 1. The second kappa shape index (κ2) is 8.23. The van der Waals surface area contributed by atoms with Crippen LogP contribution < -0.4 is 14.4 Å². The average Bonchev–Trinajstić information content (AvgIpc) is 2.57. The standard InChI is InChI=1S/C19H24N2O4S/c1-5-21(26(4,23)24)16-8-10-17(11-9-16)25-13-19(22)20-18-12-14(2)6-7-15(18)3/h6-12H,5,13H2,1-4H3,(H,20,22). The van der Waals surface area contributed by atoms with Crippen LogP contribution in [0.4, 0.5) is 11.4 Å². The van der Waals surface area contributed by atoms with Crippen molar-refractivity contribution in [3.63, 3.8) is 0 Å². The van der Waals surface area contributed by atoms with Crippen LogP contribution in [0.5, 0.6) is 5.75 Å². The third kappa shape index (κ3) is 5.23. The third-order valence-electron chi connectivity index (χ3n) is 3.85. The fourth-order valence-electron chi connectivity index (χ4n) is 2.52. The molecule has 0 saturated carbocycles. The highest BCUT2D eigenvalue weighted by Crippen LogP contribution is 2.21. The summed E-state index contributed by atoms with van der Waals surface area (Å²) in [4.78, 5) is 12.1. The number of hydrogen-bond donors (Lipinski definition) is 1. The molecule has 0 bridgehead atoms. The highest BCUT2D eigenvalue weighted by Gasteiger charge is 2.15. The van der Waals surface area contributed by atoms with Crippen LogP contribution in [0, 0.1) is 13.8 Å². The molecule has 0 heterocycles. The molecule has 0 aliphatic heterocycles. The summed E-state index contributed by atoms with van der Waals surface area (Å²) in [6.45, 7) is 5.87. The number of rotatable bonds is 7. The van der Waals surface area contributed by atoms with E-state index in [1.807, 2.05) is 32.0 Å². The monoisotopic (exact) mass is 376 g/mol. The summed E-state index contributed by atoms with van der Waals surface area (Å²) < 4.78 is 30.2. The Labute approximate surface area is 154 Å². The van der Waals surface area contributed by atoms with E-state index in [4.69, 9.17) is 4.74 Å². The lowest BCUT2D eigenvalue weighted by atomic mass is 10.1. The summed E-state index contributed by atoms with van der Waals surface area (Å²) >= 11 is 0. The third-order valence-corrected chi connectivity index (χ3v) is 5.12. The van der Waals surface area contributed by atoms with E-state index in [0.717, 1.165) is 16.8 Å². The van der Waals surface area contributed by atoms with E-state index in [2.05, 4.69) is 5.32 Å². The van der Waals surface area contributed by atoms with Crippen LogP contribution in [0.1, 0.15) is 18.1 Å². The van der Waals surface area contributed by atoms with Gasteiger partial charge in [0.1, 0.15) is 5.75 Å². The van der Waals surface area contributed by atoms with Gasteiger partial charge in [-0.25, -0.2) is 8.42 Å². The van der Waals surface area contributed by atoms with Gasteiger partial charge >= 0.3 is 0 Å². The molecule has 0 spiro atoms. The van der Waals surface area contributed by atoms with E-state index in [0.29, 0.717) is 18.0 Å². The molecule has 2 rings (SSSR count). The minimum Gasteiger partial charge on any atom is -0.484 e. The summed E-state index contributed by atoms with van der Waals surface area (Å²) in [5.74, 6) is 0.239. The van der Waals surface area contributed by atoms with Crippen molar-refractivity contribution in [1.82, 2.24) is 0 Å². The number of hydrogen-bond acceptors (Lipinski definition) is 4. The van der Waals surface area contributed by atoms with E-state index in [1.165, 1.54) is 10.6 Å². The van der Waals surface area contributed by atoms with E-state index in [1.54, 1.807) is 31.2 Å². The Hall–Kier alpha value is -2.54. The Balaban J connectivity index is 1.97. The van der Waals surface area contributed by atoms with Gasteiger partial charge in [-0.05, 0) is 62.2 Å². The summed E-state index contributed by atoms with van der Waals surface area (Å²) in [6.07, 6.45) is 1.17. The first-order chi connectivity index (χ1) is 12.2. The minimum atomic E-state index is -3.32. The number of ether oxygens (including phenoxy) is 1. The fraction of sp³-hybridized carbons (Fsp3) is 0.316. The van der Waals surface area contributed by atoms with Crippen LogP contribution in [0.15, 0.2) is 42.5 Å². The molecule has 0 unspecified atom stereocenters. The average molecular weight is 376 g/mol. The Morgan fingerprint density at radius 3 is 2.35 bits per heavy atom. The molecule has 0 fully saturated rings. The van der Waals surface area contributed by atoms with E-state index >= 15 is 0 Å². The predicted molar refractivity (Wildman–Crippen MR) is 104 cm³/mol. The molecule has 0 aliphatic rings. The number of carbonyl (C=O) groups is 1. The fourth-order valence-corrected chi connectivity index (χ4v) is 3.50. The molecular weight excluding hydrogens is 352 g/mol. The maximum absolute atomic E-state index is 12.1. The van der Waals surface area contributed by atoms with E-state index in [9.17, 15) is 13.2 Å². The lowest BCUT2D eigenvalue weighted by Gasteiger charge is -2.20. The molecule has 2 aromatic carbocycles. The second-order valence-corrected chi connectivity index (χ2v) is 7.98. The molecule has 6 nitrogen and oxygen atoms in total. The zero-order valence-corrected chi connectivity index (χ0v) is 16.3. The molecule has 2 aromatic rings. The molecule has 140 valence electrons. The highest BCUT2D eigenvalue weighted by atomic mass is 32.2. The van der Waals surface area contributed by atoms with Crippen LogP contribution in [0.3, 0.4) is 0 Å². The van der Waals surface area contributed by atoms with E-state index in [-0.39, 0.29) is 12.5 Å². The smallest absolute Gasteiger partial charge is 0.262 e. The number of benzene rings is 2. The van der Waals surface area contributed by atoms with Gasteiger partial charge in [-0.3, -0.25) is 9.10 Å². The van der Waals surface area contributed by atoms with Gasteiger partial charge in [0.2, 0.25) is 10.0 Å². The lowest BCUT2D eigenvalue weighted by molar-refractivity contribution is -0.118. The first-order valence-corrected chi connectivity index (χ1v) is 10.1. The molecule has 0 aromatic heterocycles. The van der Waals surface area contributed by atoms with Crippen molar-refractivity contribution >= 4 is 27.3 Å². The molecule has 1 amide bonds. The van der Waals surface area contributed by atoms with Crippen LogP contribution >= 0.6 is 0 Å². The molecule has 7 heteroatoms. The van der Waals surface area contributed by atoms with Crippen molar-refractivity contribution in [2.45, 2.75) is 20.8 Å². The quantitative estimate of drug-likeness (QED) is 0.806. The minimum absolute atomic E-state index is 0.129. The van der Waals surface area contributed by atoms with E-state index < -0.39 is 10.0 Å². The highest BCUT2D eigenvalue weighted by molar-refractivity contribution is 7.92. The van der Waals surface area contributed by atoms with Gasteiger partial charge in [0.15, 0.2) is 6.61 Å². The Bertz CT molecular complexity index is 877. The van der Waals surface area contributed by atoms with Crippen molar-refractivity contribution < 1.29 is 17.9 Å². The van der Waals surface area contributed by atoms with Crippen LogP contribution in [0.2, 0.25) is 0 Å². The maximum atomic E-state index is 12.1. The number of nitrogens with zero attached hydrogens (tertiary/aromatic N) is 1. The zero-order chi connectivity index (χ0) is 19.3. The molecule has 0 atom stereocenters. The van der Waals surface area contributed by atoms with Gasteiger partial charge in [0.25, 0.3) is 5.91 Å². The Morgan fingerprint density at radius 1 is 1.12 bits per heavy atom. The predicted octanol–water partition coefficient (Wildman–Crippen LogP) is 3.11. The van der Waals surface area contributed by atoms with Crippen molar-refractivity contribution in [2.24, 2.45) is 0 Å². The van der Waals surface area contributed by atoms with Gasteiger partial charge in [-0.1, -0.05) is 12.1 Å². The maximum Gasteiger partial charge on any atom is 0.262 e. The number of carbonyl (C=O) groups excluding carboxylic acids is 1. The molecule has 0 saturated heterocycles. The van der Waals surface area contributed by atoms with Gasteiger partial charge in [-0.2, -0.15) is 0 Å². The first kappa shape index (κ1) is 19.8. The number of anilines is 2. The zero-order valence-electron chi connectivity index (χ0n) is 15.4. The summed E-state index contributed by atoms with van der Waals surface area (Å²) in [5, 5.41) is 2.83. The van der Waals surface area contributed by atoms with Crippen molar-refractivity contribution in [3.8, 4) is 5.75 Å². The Kier molecular flexibility index (Phi) is 6.26. The second-order valence-electron chi connectivity index (χ2n) is 6.08. The lowest BCUT2D eigenvalue weighted by Crippen LogP contribution is -2.29. The first-order valence-electron chi connectivity index (χ1n) is 8.28. The number of amides is 1. The molecule has 0 radical (unpaired) electrons. The summed E-state index contributed by atoms with van der Waals surface area (Å²) in [6, 6.07) is 12.4. The topological polar surface area (TPSA) is 75.7 Å². The SMILES string of the molecule is CCN(c1ccc(OCC(=O)Nc2cc(C)ccc2C)cc1)S(C)(=O)=O. The van der Waals surface area contributed by atoms with Crippen LogP contribution in [-0.2, 0) is 14.8 Å². The molecule has 0 aliphatic carbocycles. The van der Waals surface area contributed by atoms with Crippen molar-refractivity contribution in [2.75, 3.05) is 29.0 Å². The number of nitrogens with one attached hydrogen (secondary N) is 1. The van der Waals surface area contributed by atoms with Gasteiger partial charge in [0, 0.05) is 12.2 Å². The van der Waals surface area contributed by atoms with Crippen molar-refractivity contribution in [3.05, 3.63) is 53.6 Å². The summed E-state index contributed by atoms with van der Waals surface area (Å²) in [7, 11) is -3.32. The molecule has 1 N–H and O–H groups in total. The Morgan fingerprint density at radius 2 is 1.77 bits per heavy atom. The number of aryl methyl sites for hydroxylation is 2. The van der Waals surface area contributed by atoms with Crippen molar-refractivity contribution in [1.29, 1.82) is 0 Å².